The van der Waals surface area contributed by atoms with E-state index >= 15 is 0 Å². The molecule has 0 aliphatic heterocycles. The molecule has 0 saturated heterocycles. The molecule has 0 N–H and O–H groups in total. The second-order valence-electron chi connectivity index (χ2n) is 5.75. The minimum Gasteiger partial charge on any atom is -0.0654 e. The maximum atomic E-state index is 3.71. The largest absolute Gasteiger partial charge is 0.0654 e. The first kappa shape index (κ1) is 13.9. The lowest BCUT2D eigenvalue weighted by Gasteiger charge is -2.07. The van der Waals surface area contributed by atoms with Gasteiger partial charge in [-0.25, -0.2) is 0 Å². The quantitative estimate of drug-likeness (QED) is 0.493. The molecular formula is C19H21Br. The van der Waals surface area contributed by atoms with Crippen LogP contribution in [0.1, 0.15) is 49.3 Å². The van der Waals surface area contributed by atoms with Crippen molar-refractivity contribution in [3.63, 3.8) is 0 Å². The van der Waals surface area contributed by atoms with Crippen molar-refractivity contribution in [3.05, 3.63) is 57.6 Å². The summed E-state index contributed by atoms with van der Waals surface area (Å²) in [5, 5.41) is 0. The molecule has 0 fully saturated rings. The Morgan fingerprint density at radius 3 is 2.75 bits per heavy atom. The molecule has 0 spiro atoms. The van der Waals surface area contributed by atoms with Crippen LogP contribution in [0.5, 0.6) is 0 Å². The molecule has 0 nitrogen and oxygen atoms in total. The highest BCUT2D eigenvalue weighted by molar-refractivity contribution is 9.10. The molecule has 0 unspecified atom stereocenters. The van der Waals surface area contributed by atoms with Gasteiger partial charge in [-0.15, -0.1) is 0 Å². The summed E-state index contributed by atoms with van der Waals surface area (Å²) in [7, 11) is 0. The van der Waals surface area contributed by atoms with Crippen molar-refractivity contribution in [3.8, 4) is 11.1 Å². The Labute approximate surface area is 130 Å². The molecule has 3 rings (SSSR count). The van der Waals surface area contributed by atoms with Gasteiger partial charge >= 0.3 is 0 Å². The van der Waals surface area contributed by atoms with E-state index in [4.69, 9.17) is 0 Å². The van der Waals surface area contributed by atoms with Gasteiger partial charge in [-0.05, 0) is 53.1 Å². The molecule has 0 amide bonds. The first-order chi connectivity index (χ1) is 9.79. The zero-order chi connectivity index (χ0) is 13.9. The zero-order valence-electron chi connectivity index (χ0n) is 12.1. The molecule has 0 heterocycles. The van der Waals surface area contributed by atoms with Crippen LogP contribution in [-0.4, -0.2) is 0 Å². The van der Waals surface area contributed by atoms with Gasteiger partial charge in [-0.2, -0.15) is 0 Å². The second-order valence-corrected chi connectivity index (χ2v) is 6.61. The molecule has 20 heavy (non-hydrogen) atoms. The highest BCUT2D eigenvalue weighted by Crippen LogP contribution is 2.41. The molecule has 2 aromatic rings. The third kappa shape index (κ3) is 2.69. The van der Waals surface area contributed by atoms with E-state index in [1.807, 2.05) is 0 Å². The van der Waals surface area contributed by atoms with Gasteiger partial charge in [0.2, 0.25) is 0 Å². The van der Waals surface area contributed by atoms with E-state index in [0.717, 1.165) is 6.42 Å². The van der Waals surface area contributed by atoms with Gasteiger partial charge in [-0.3, -0.25) is 0 Å². The van der Waals surface area contributed by atoms with E-state index in [1.54, 1.807) is 0 Å². The van der Waals surface area contributed by atoms with Gasteiger partial charge in [0.1, 0.15) is 0 Å². The zero-order valence-corrected chi connectivity index (χ0v) is 13.7. The first-order valence-corrected chi connectivity index (χ1v) is 8.48. The highest BCUT2D eigenvalue weighted by atomic mass is 79.9. The summed E-state index contributed by atoms with van der Waals surface area (Å²) in [6.45, 7) is 2.27. The lowest BCUT2D eigenvalue weighted by Crippen LogP contribution is -1.88. The molecule has 1 heteroatoms. The summed E-state index contributed by atoms with van der Waals surface area (Å²) in [6, 6.07) is 13.6. The van der Waals surface area contributed by atoms with Crippen molar-refractivity contribution in [2.45, 2.75) is 45.4 Å². The number of aryl methyl sites for hydroxylation is 1. The minimum absolute atomic E-state index is 1.08. The van der Waals surface area contributed by atoms with Crippen molar-refractivity contribution < 1.29 is 0 Å². The van der Waals surface area contributed by atoms with Crippen LogP contribution in [0.3, 0.4) is 0 Å². The molecule has 0 aromatic heterocycles. The molecule has 1 aliphatic carbocycles. The molecular weight excluding hydrogens is 308 g/mol. The molecule has 104 valence electrons. The van der Waals surface area contributed by atoms with Gasteiger partial charge in [-0.1, -0.05) is 72.4 Å². The summed E-state index contributed by atoms with van der Waals surface area (Å²) >= 11 is 3.71. The van der Waals surface area contributed by atoms with E-state index in [-0.39, 0.29) is 0 Å². The van der Waals surface area contributed by atoms with E-state index in [0.29, 0.717) is 0 Å². The number of hydrogen-bond donors (Lipinski definition) is 0. The monoisotopic (exact) mass is 328 g/mol. The van der Waals surface area contributed by atoms with E-state index in [2.05, 4.69) is 59.3 Å². The number of unbranched alkanes of at least 4 members (excludes halogenated alkanes) is 3. The average molecular weight is 329 g/mol. The fourth-order valence-electron chi connectivity index (χ4n) is 3.14. The predicted octanol–water partition coefficient (Wildman–Crippen LogP) is 6.14. The van der Waals surface area contributed by atoms with Gasteiger partial charge < -0.3 is 0 Å². The topological polar surface area (TPSA) is 0 Å². The molecule has 0 saturated carbocycles. The van der Waals surface area contributed by atoms with Gasteiger partial charge in [0.15, 0.2) is 0 Å². The van der Waals surface area contributed by atoms with Gasteiger partial charge in [0, 0.05) is 4.47 Å². The Hall–Kier alpha value is -1.08. The average Bonchev–Trinajstić information content (AvgIpc) is 2.82. The third-order valence-electron chi connectivity index (χ3n) is 4.24. The maximum Gasteiger partial charge on any atom is 0.0256 e. The summed E-state index contributed by atoms with van der Waals surface area (Å²) in [4.78, 5) is 0. The van der Waals surface area contributed by atoms with Crippen molar-refractivity contribution >= 4 is 15.9 Å². The summed E-state index contributed by atoms with van der Waals surface area (Å²) in [5.74, 6) is 0. The Bertz CT molecular complexity index is 613. The standard InChI is InChI=1S/C19H21Br/c1-2-3-4-5-7-14-10-11-15-13-16-8-6-9-18(20)19(16)17(15)12-14/h6,8-12H,2-5,7,13H2,1H3. The van der Waals surface area contributed by atoms with Crippen LogP contribution in [0.25, 0.3) is 11.1 Å². The van der Waals surface area contributed by atoms with E-state index < -0.39 is 0 Å². The maximum absolute atomic E-state index is 3.71. The Morgan fingerprint density at radius 1 is 1.00 bits per heavy atom. The van der Waals surface area contributed by atoms with E-state index in [9.17, 15) is 0 Å². The molecule has 2 aromatic carbocycles. The Kier molecular flexibility index (Phi) is 4.26. The summed E-state index contributed by atoms with van der Waals surface area (Å²) in [6.07, 6.45) is 7.64. The molecule has 0 bridgehead atoms. The molecule has 1 aliphatic rings. The van der Waals surface area contributed by atoms with Crippen LogP contribution in [0.4, 0.5) is 0 Å². The van der Waals surface area contributed by atoms with Crippen LogP contribution >= 0.6 is 15.9 Å². The SMILES string of the molecule is CCCCCCc1ccc2c(c1)-c1c(Br)cccc1C2. The fourth-order valence-corrected chi connectivity index (χ4v) is 3.77. The Morgan fingerprint density at radius 2 is 1.90 bits per heavy atom. The Balaban J connectivity index is 1.83. The molecule has 0 radical (unpaired) electrons. The van der Waals surface area contributed by atoms with Crippen molar-refractivity contribution in [2.75, 3.05) is 0 Å². The molecule has 0 atom stereocenters. The van der Waals surface area contributed by atoms with Gasteiger partial charge in [0.05, 0.1) is 0 Å². The smallest absolute Gasteiger partial charge is 0.0256 e. The summed E-state index contributed by atoms with van der Waals surface area (Å²) < 4.78 is 1.23. The second kappa shape index (κ2) is 6.13. The van der Waals surface area contributed by atoms with Crippen LogP contribution in [-0.2, 0) is 12.8 Å². The number of rotatable bonds is 5. The lowest BCUT2D eigenvalue weighted by molar-refractivity contribution is 0.667. The van der Waals surface area contributed by atoms with Crippen LogP contribution in [0.2, 0.25) is 0 Å². The first-order valence-electron chi connectivity index (χ1n) is 7.69. The predicted molar refractivity (Wildman–Crippen MR) is 90.2 cm³/mol. The van der Waals surface area contributed by atoms with Crippen LogP contribution in [0, 0.1) is 0 Å². The van der Waals surface area contributed by atoms with Gasteiger partial charge in [0.25, 0.3) is 0 Å². The van der Waals surface area contributed by atoms with Crippen molar-refractivity contribution in [1.29, 1.82) is 0 Å². The summed E-state index contributed by atoms with van der Waals surface area (Å²) in [5.41, 5.74) is 7.28. The number of halogens is 1. The van der Waals surface area contributed by atoms with E-state index in [1.165, 1.54) is 64.4 Å². The fraction of sp³-hybridized carbons (Fsp3) is 0.368. The minimum atomic E-state index is 1.08. The number of hydrogen-bond acceptors (Lipinski definition) is 0. The van der Waals surface area contributed by atoms with Crippen LogP contribution in [0.15, 0.2) is 40.9 Å². The highest BCUT2D eigenvalue weighted by Gasteiger charge is 2.20. The third-order valence-corrected chi connectivity index (χ3v) is 4.90. The lowest BCUT2D eigenvalue weighted by atomic mass is 9.99. The van der Waals surface area contributed by atoms with Crippen molar-refractivity contribution in [1.82, 2.24) is 0 Å². The number of fused-ring (bicyclic) bond motifs is 3. The normalized spacial score (nSPS) is 12.3. The van der Waals surface area contributed by atoms with Crippen molar-refractivity contribution in [2.24, 2.45) is 0 Å². The van der Waals surface area contributed by atoms with Crippen LogP contribution < -0.4 is 0 Å². The number of benzene rings is 2.